The largest absolute Gasteiger partial charge is 0.503 e. The Morgan fingerprint density at radius 3 is 2.87 bits per heavy atom. The average Bonchev–Trinajstić information content (AvgIpc) is 2.50. The van der Waals surface area contributed by atoms with E-state index in [1.165, 1.54) is 6.21 Å². The molecule has 1 aromatic carbocycles. The maximum atomic E-state index is 11.7. The molecule has 7 nitrogen and oxygen atoms in total. The summed E-state index contributed by atoms with van der Waals surface area (Å²) in [5.41, 5.74) is 4.38. The Kier molecular flexibility index (Phi) is 5.38. The van der Waals surface area contributed by atoms with Crippen molar-refractivity contribution >= 4 is 28.1 Å². The maximum absolute atomic E-state index is 11.7. The zero-order valence-electron chi connectivity index (χ0n) is 13.0. The van der Waals surface area contributed by atoms with Gasteiger partial charge in [0.1, 0.15) is 0 Å². The van der Waals surface area contributed by atoms with Gasteiger partial charge in [-0.3, -0.25) is 9.78 Å². The Morgan fingerprint density at radius 1 is 1.48 bits per heavy atom. The second-order valence-electron chi connectivity index (χ2n) is 4.78. The van der Waals surface area contributed by atoms with Crippen molar-refractivity contribution in [1.29, 1.82) is 0 Å². The summed E-state index contributed by atoms with van der Waals surface area (Å²) in [5, 5.41) is 13.9. The molecular weight excluding hydrogens is 364 g/mol. The second-order valence-corrected chi connectivity index (χ2v) is 5.63. The van der Waals surface area contributed by atoms with Gasteiger partial charge in [-0.2, -0.15) is 5.10 Å². The van der Waals surface area contributed by atoms with E-state index in [9.17, 15) is 9.90 Å². The number of aromatic amines is 1. The summed E-state index contributed by atoms with van der Waals surface area (Å²) in [5.74, 6) is 0.662. The normalized spacial score (nSPS) is 11.0. The number of hydrazone groups is 1. The number of nitrogens with zero attached hydrogens (tertiary/aromatic N) is 2. The molecule has 0 fully saturated rings. The summed E-state index contributed by atoms with van der Waals surface area (Å²) in [6, 6.07) is 3.35. The van der Waals surface area contributed by atoms with E-state index in [2.05, 4.69) is 36.4 Å². The topological polar surface area (TPSA) is 99.6 Å². The van der Waals surface area contributed by atoms with E-state index in [-0.39, 0.29) is 17.3 Å². The zero-order chi connectivity index (χ0) is 17.0. The lowest BCUT2D eigenvalue weighted by molar-refractivity contribution is 0.317. The van der Waals surface area contributed by atoms with Crippen molar-refractivity contribution in [1.82, 2.24) is 9.97 Å². The number of anilines is 1. The third-order valence-corrected chi connectivity index (χ3v) is 3.73. The molecule has 0 atom stereocenters. The van der Waals surface area contributed by atoms with E-state index in [4.69, 9.17) is 4.74 Å². The highest BCUT2D eigenvalue weighted by Gasteiger charge is 2.08. The first kappa shape index (κ1) is 17.0. The number of nitrogens with one attached hydrogen (secondary N) is 2. The molecule has 122 valence electrons. The second kappa shape index (κ2) is 7.28. The Labute approximate surface area is 141 Å². The van der Waals surface area contributed by atoms with Gasteiger partial charge in [-0.05, 0) is 54.4 Å². The molecule has 0 amide bonds. The van der Waals surface area contributed by atoms with Crippen molar-refractivity contribution in [2.75, 3.05) is 12.0 Å². The molecule has 0 aliphatic heterocycles. The quantitative estimate of drug-likeness (QED) is 0.546. The molecule has 0 spiro atoms. The van der Waals surface area contributed by atoms with Crippen molar-refractivity contribution in [3.05, 3.63) is 43.8 Å². The zero-order valence-corrected chi connectivity index (χ0v) is 14.6. The molecule has 0 bridgehead atoms. The van der Waals surface area contributed by atoms with Crippen molar-refractivity contribution < 1.29 is 9.84 Å². The molecule has 3 N–H and O–H groups in total. The lowest BCUT2D eigenvalue weighted by Gasteiger charge is -2.08. The van der Waals surface area contributed by atoms with Crippen LogP contribution in [0.3, 0.4) is 0 Å². The fraction of sp³-hybridized carbons (Fsp3) is 0.267. The van der Waals surface area contributed by atoms with E-state index in [0.717, 1.165) is 0 Å². The number of aromatic nitrogens is 2. The number of H-pyrrole nitrogens is 1. The Balaban J connectivity index is 2.19. The first-order valence-electron chi connectivity index (χ1n) is 6.94. The first-order valence-corrected chi connectivity index (χ1v) is 7.73. The van der Waals surface area contributed by atoms with Gasteiger partial charge in [0.2, 0.25) is 5.95 Å². The van der Waals surface area contributed by atoms with Crippen LogP contribution in [-0.4, -0.2) is 27.9 Å². The minimum absolute atomic E-state index is 0.0390. The number of rotatable bonds is 5. The van der Waals surface area contributed by atoms with Crippen LogP contribution >= 0.6 is 15.9 Å². The number of ether oxygens (including phenoxy) is 1. The molecule has 0 saturated carbocycles. The molecule has 23 heavy (non-hydrogen) atoms. The van der Waals surface area contributed by atoms with Gasteiger partial charge in [-0.15, -0.1) is 0 Å². The monoisotopic (exact) mass is 380 g/mol. The predicted octanol–water partition coefficient (Wildman–Crippen LogP) is 2.70. The molecule has 8 heteroatoms. The van der Waals surface area contributed by atoms with Crippen LogP contribution in [0.4, 0.5) is 5.95 Å². The van der Waals surface area contributed by atoms with Crippen LogP contribution in [0.15, 0.2) is 26.5 Å². The van der Waals surface area contributed by atoms with E-state index in [1.807, 2.05) is 6.92 Å². The van der Waals surface area contributed by atoms with Crippen molar-refractivity contribution in [2.24, 2.45) is 5.10 Å². The standard InChI is InChI=1S/C15H17BrN4O3/c1-4-23-12-6-10(5-11(16)13(12)21)7-17-20-15-18-9(3)8(2)14(22)19-15/h5-7,21H,4H2,1-3H3,(H2,18,19,20,22)/b17-7-. The highest BCUT2D eigenvalue weighted by atomic mass is 79.9. The SMILES string of the molecule is CCOc1cc(/C=N\Nc2nc(C)c(C)c(=O)[nH]2)cc(Br)c1O. The number of benzene rings is 1. The number of hydrogen-bond donors (Lipinski definition) is 3. The van der Waals surface area contributed by atoms with Crippen LogP contribution in [-0.2, 0) is 0 Å². The molecule has 0 aliphatic rings. The lowest BCUT2D eigenvalue weighted by atomic mass is 10.2. The summed E-state index contributed by atoms with van der Waals surface area (Å²) in [7, 11) is 0. The third-order valence-electron chi connectivity index (χ3n) is 3.13. The van der Waals surface area contributed by atoms with Gasteiger partial charge in [0, 0.05) is 11.3 Å². The van der Waals surface area contributed by atoms with Crippen molar-refractivity contribution in [3.8, 4) is 11.5 Å². The van der Waals surface area contributed by atoms with Gasteiger partial charge in [-0.1, -0.05) is 0 Å². The number of phenols is 1. The smallest absolute Gasteiger partial charge is 0.255 e. The first-order chi connectivity index (χ1) is 10.9. The maximum Gasteiger partial charge on any atom is 0.255 e. The Hall–Kier alpha value is -2.35. The van der Waals surface area contributed by atoms with Gasteiger partial charge < -0.3 is 9.84 Å². The molecule has 1 aromatic heterocycles. The summed E-state index contributed by atoms with van der Waals surface area (Å²) in [4.78, 5) is 18.4. The number of aryl methyl sites for hydroxylation is 1. The van der Waals surface area contributed by atoms with Crippen LogP contribution < -0.4 is 15.7 Å². The average molecular weight is 381 g/mol. The van der Waals surface area contributed by atoms with Crippen LogP contribution in [0, 0.1) is 13.8 Å². The lowest BCUT2D eigenvalue weighted by Crippen LogP contribution is -2.15. The van der Waals surface area contributed by atoms with E-state index in [0.29, 0.717) is 33.6 Å². The summed E-state index contributed by atoms with van der Waals surface area (Å²) in [6.07, 6.45) is 1.53. The Bertz CT molecular complexity index is 802. The van der Waals surface area contributed by atoms with Crippen molar-refractivity contribution in [3.63, 3.8) is 0 Å². The van der Waals surface area contributed by atoms with Crippen LogP contribution in [0.2, 0.25) is 0 Å². The predicted molar refractivity (Wildman–Crippen MR) is 92.5 cm³/mol. The van der Waals surface area contributed by atoms with Crippen LogP contribution in [0.25, 0.3) is 0 Å². The van der Waals surface area contributed by atoms with Crippen LogP contribution in [0.1, 0.15) is 23.7 Å². The van der Waals surface area contributed by atoms with Crippen LogP contribution in [0.5, 0.6) is 11.5 Å². The van der Waals surface area contributed by atoms with Gasteiger partial charge >= 0.3 is 0 Å². The highest BCUT2D eigenvalue weighted by molar-refractivity contribution is 9.10. The summed E-state index contributed by atoms with van der Waals surface area (Å²) in [6.45, 7) is 5.73. The number of halogens is 1. The highest BCUT2D eigenvalue weighted by Crippen LogP contribution is 2.35. The molecule has 2 rings (SSSR count). The van der Waals surface area contributed by atoms with Gasteiger partial charge in [-0.25, -0.2) is 10.4 Å². The molecule has 0 saturated heterocycles. The van der Waals surface area contributed by atoms with E-state index in [1.54, 1.807) is 26.0 Å². The van der Waals surface area contributed by atoms with E-state index >= 15 is 0 Å². The minimum Gasteiger partial charge on any atom is -0.503 e. The summed E-state index contributed by atoms with van der Waals surface area (Å²) >= 11 is 3.26. The van der Waals surface area contributed by atoms with Crippen molar-refractivity contribution in [2.45, 2.75) is 20.8 Å². The Morgan fingerprint density at radius 2 is 2.22 bits per heavy atom. The molecule has 0 aliphatic carbocycles. The molecule has 0 radical (unpaired) electrons. The van der Waals surface area contributed by atoms with Gasteiger partial charge in [0.15, 0.2) is 11.5 Å². The summed E-state index contributed by atoms with van der Waals surface area (Å²) < 4.78 is 5.85. The third kappa shape index (κ3) is 4.10. The minimum atomic E-state index is -0.207. The fourth-order valence-corrected chi connectivity index (χ4v) is 2.26. The number of phenolic OH excluding ortho intramolecular Hbond substituents is 1. The number of hydrogen-bond acceptors (Lipinski definition) is 6. The molecule has 1 heterocycles. The number of aromatic hydroxyl groups is 1. The fourth-order valence-electron chi connectivity index (χ4n) is 1.80. The molecule has 2 aromatic rings. The van der Waals surface area contributed by atoms with Gasteiger partial charge in [0.25, 0.3) is 5.56 Å². The van der Waals surface area contributed by atoms with E-state index < -0.39 is 0 Å². The van der Waals surface area contributed by atoms with Gasteiger partial charge in [0.05, 0.1) is 17.3 Å². The molecular formula is C15H17BrN4O3. The molecule has 0 unspecified atom stereocenters.